The third-order valence-electron chi connectivity index (χ3n) is 3.30. The van der Waals surface area contributed by atoms with Gasteiger partial charge in [-0.05, 0) is 32.4 Å². The molecule has 0 aliphatic carbocycles. The molecule has 0 radical (unpaired) electrons. The molecule has 0 aliphatic heterocycles. The summed E-state index contributed by atoms with van der Waals surface area (Å²) in [7, 11) is 0. The zero-order valence-electron chi connectivity index (χ0n) is 13.1. The van der Waals surface area contributed by atoms with Gasteiger partial charge < -0.3 is 4.74 Å². The topological polar surface area (TPSA) is 12.5 Å². The summed E-state index contributed by atoms with van der Waals surface area (Å²) in [4.78, 5) is 2.46. The molecule has 0 spiro atoms. The van der Waals surface area contributed by atoms with Crippen molar-refractivity contribution in [2.75, 3.05) is 25.6 Å². The molecule has 1 rings (SSSR count). The predicted octanol–water partition coefficient (Wildman–Crippen LogP) is 4.32. The number of rotatable bonds is 10. The van der Waals surface area contributed by atoms with E-state index in [1.54, 1.807) is 0 Å². The highest BCUT2D eigenvalue weighted by molar-refractivity contribution is 6.18. The molecule has 1 aromatic rings. The van der Waals surface area contributed by atoms with Crippen molar-refractivity contribution in [3.05, 3.63) is 35.9 Å². The van der Waals surface area contributed by atoms with Crippen molar-refractivity contribution in [3.8, 4) is 0 Å². The molecule has 0 N–H and O–H groups in total. The van der Waals surface area contributed by atoms with Crippen LogP contribution in [0.1, 0.15) is 39.2 Å². The van der Waals surface area contributed by atoms with Gasteiger partial charge in [0.15, 0.2) is 0 Å². The Bertz CT molecular complexity index is 353. The summed E-state index contributed by atoms with van der Waals surface area (Å²) < 4.78 is 5.85. The number of hydrogen-bond acceptors (Lipinski definition) is 2. The Morgan fingerprint density at radius 1 is 1.15 bits per heavy atom. The van der Waals surface area contributed by atoms with Gasteiger partial charge >= 0.3 is 0 Å². The van der Waals surface area contributed by atoms with E-state index in [9.17, 15) is 0 Å². The van der Waals surface area contributed by atoms with Gasteiger partial charge in [-0.3, -0.25) is 4.90 Å². The highest BCUT2D eigenvalue weighted by Crippen LogP contribution is 2.12. The maximum absolute atomic E-state index is 5.88. The lowest BCUT2D eigenvalue weighted by molar-refractivity contribution is -0.0115. The van der Waals surface area contributed by atoms with E-state index in [-0.39, 0.29) is 5.60 Å². The van der Waals surface area contributed by atoms with Gasteiger partial charge in [0.05, 0.1) is 18.1 Å². The minimum atomic E-state index is -0.231. The molecule has 1 aromatic carbocycles. The second kappa shape index (κ2) is 9.38. The molecule has 0 amide bonds. The van der Waals surface area contributed by atoms with Gasteiger partial charge in [-0.1, -0.05) is 43.7 Å². The monoisotopic (exact) mass is 297 g/mol. The predicted molar refractivity (Wildman–Crippen MR) is 87.4 cm³/mol. The molecule has 0 aliphatic rings. The van der Waals surface area contributed by atoms with E-state index in [0.29, 0.717) is 5.88 Å². The lowest BCUT2D eigenvalue weighted by atomic mass is 10.2. The van der Waals surface area contributed by atoms with Gasteiger partial charge in [-0.2, -0.15) is 0 Å². The smallest absolute Gasteiger partial charge is 0.0761 e. The molecule has 3 heteroatoms. The minimum absolute atomic E-state index is 0.231. The number of nitrogens with zero attached hydrogens (tertiary/aromatic N) is 1. The minimum Gasteiger partial charge on any atom is -0.373 e. The number of alkyl halides is 1. The quantitative estimate of drug-likeness (QED) is 0.596. The Kier molecular flexibility index (Phi) is 8.20. The van der Waals surface area contributed by atoms with Crippen molar-refractivity contribution in [2.24, 2.45) is 0 Å². The molecular formula is C17H28ClNO. The first-order chi connectivity index (χ1) is 9.57. The van der Waals surface area contributed by atoms with Crippen molar-refractivity contribution < 1.29 is 4.74 Å². The van der Waals surface area contributed by atoms with Gasteiger partial charge in [0.1, 0.15) is 0 Å². The first kappa shape index (κ1) is 17.5. The normalized spacial score (nSPS) is 12.1. The van der Waals surface area contributed by atoms with Crippen LogP contribution in [0.15, 0.2) is 30.3 Å². The van der Waals surface area contributed by atoms with Crippen LogP contribution in [-0.2, 0) is 11.3 Å². The Morgan fingerprint density at radius 3 is 2.45 bits per heavy atom. The molecule has 0 saturated carbocycles. The summed E-state index contributed by atoms with van der Waals surface area (Å²) in [5.41, 5.74) is 1.13. The second-order valence-corrected chi connectivity index (χ2v) is 6.12. The average molecular weight is 298 g/mol. The summed E-state index contributed by atoms with van der Waals surface area (Å²) in [6.07, 6.45) is 2.45. The Balaban J connectivity index is 2.43. The van der Waals surface area contributed by atoms with E-state index in [2.05, 4.69) is 42.2 Å². The van der Waals surface area contributed by atoms with Crippen LogP contribution in [0.25, 0.3) is 0 Å². The van der Waals surface area contributed by atoms with Gasteiger partial charge in [0, 0.05) is 13.1 Å². The van der Waals surface area contributed by atoms with Crippen LogP contribution in [0.5, 0.6) is 0 Å². The van der Waals surface area contributed by atoms with E-state index >= 15 is 0 Å². The fraction of sp³-hybridized carbons (Fsp3) is 0.647. The van der Waals surface area contributed by atoms with Crippen LogP contribution >= 0.6 is 11.6 Å². The van der Waals surface area contributed by atoms with E-state index in [1.165, 1.54) is 18.4 Å². The van der Waals surface area contributed by atoms with Crippen LogP contribution in [0.3, 0.4) is 0 Å². The van der Waals surface area contributed by atoms with E-state index < -0.39 is 0 Å². The highest BCUT2D eigenvalue weighted by Gasteiger charge is 2.17. The zero-order valence-corrected chi connectivity index (χ0v) is 13.8. The fourth-order valence-electron chi connectivity index (χ4n) is 1.98. The van der Waals surface area contributed by atoms with Crippen LogP contribution in [0, 0.1) is 0 Å². The van der Waals surface area contributed by atoms with Gasteiger partial charge in [0.2, 0.25) is 0 Å². The third-order valence-corrected chi connectivity index (χ3v) is 3.94. The molecule has 0 heterocycles. The van der Waals surface area contributed by atoms with Crippen molar-refractivity contribution >= 4 is 11.6 Å². The lowest BCUT2D eigenvalue weighted by Gasteiger charge is -2.26. The fourth-order valence-corrected chi connectivity index (χ4v) is 2.06. The Morgan fingerprint density at radius 2 is 1.85 bits per heavy atom. The first-order valence-corrected chi connectivity index (χ1v) is 8.07. The van der Waals surface area contributed by atoms with Crippen LogP contribution < -0.4 is 0 Å². The number of benzene rings is 1. The Hall–Kier alpha value is -0.570. The largest absolute Gasteiger partial charge is 0.373 e. The summed E-state index contributed by atoms with van der Waals surface area (Å²) in [5, 5.41) is 0. The average Bonchev–Trinajstić information content (AvgIpc) is 2.45. The standard InChI is InChI=1S/C17H28ClNO/c1-4-5-11-19(12-13-20-17(2,3)15-18)14-16-9-7-6-8-10-16/h6-10H,4-5,11-15H2,1-3H3. The van der Waals surface area contributed by atoms with E-state index in [4.69, 9.17) is 16.3 Å². The third kappa shape index (κ3) is 7.28. The summed E-state index contributed by atoms with van der Waals surface area (Å²) >= 11 is 5.88. The van der Waals surface area contributed by atoms with Gasteiger partial charge in [-0.15, -0.1) is 11.6 Å². The number of halogens is 1. The van der Waals surface area contributed by atoms with E-state index in [1.807, 2.05) is 13.8 Å². The molecule has 20 heavy (non-hydrogen) atoms. The summed E-state index contributed by atoms with van der Waals surface area (Å²) in [6, 6.07) is 10.6. The molecule has 0 fully saturated rings. The van der Waals surface area contributed by atoms with Crippen molar-refractivity contribution in [3.63, 3.8) is 0 Å². The first-order valence-electron chi connectivity index (χ1n) is 7.53. The molecule has 0 unspecified atom stereocenters. The van der Waals surface area contributed by atoms with E-state index in [0.717, 1.165) is 26.2 Å². The van der Waals surface area contributed by atoms with Gasteiger partial charge in [0.25, 0.3) is 0 Å². The lowest BCUT2D eigenvalue weighted by Crippen LogP contribution is -2.33. The van der Waals surface area contributed by atoms with Crippen molar-refractivity contribution in [1.29, 1.82) is 0 Å². The second-order valence-electron chi connectivity index (χ2n) is 5.86. The Labute approximate surface area is 129 Å². The molecular weight excluding hydrogens is 270 g/mol. The molecule has 0 saturated heterocycles. The molecule has 0 bridgehead atoms. The number of ether oxygens (including phenoxy) is 1. The summed E-state index contributed by atoms with van der Waals surface area (Å²) in [5.74, 6) is 0.528. The van der Waals surface area contributed by atoms with Gasteiger partial charge in [-0.25, -0.2) is 0 Å². The van der Waals surface area contributed by atoms with Crippen molar-refractivity contribution in [1.82, 2.24) is 4.90 Å². The SMILES string of the molecule is CCCCN(CCOC(C)(C)CCl)Cc1ccccc1. The maximum atomic E-state index is 5.88. The zero-order chi connectivity index (χ0) is 14.8. The number of unbranched alkanes of at least 4 members (excludes halogenated alkanes) is 1. The summed E-state index contributed by atoms with van der Waals surface area (Å²) in [6.45, 7) is 10.1. The molecule has 114 valence electrons. The highest BCUT2D eigenvalue weighted by atomic mass is 35.5. The molecule has 2 nitrogen and oxygen atoms in total. The van der Waals surface area contributed by atoms with Crippen molar-refractivity contribution in [2.45, 2.75) is 45.8 Å². The van der Waals surface area contributed by atoms with Crippen LogP contribution in [0.2, 0.25) is 0 Å². The van der Waals surface area contributed by atoms with Crippen LogP contribution in [-0.4, -0.2) is 36.1 Å². The molecule has 0 atom stereocenters. The van der Waals surface area contributed by atoms with Crippen LogP contribution in [0.4, 0.5) is 0 Å². The number of hydrogen-bond donors (Lipinski definition) is 0. The maximum Gasteiger partial charge on any atom is 0.0761 e. The molecule has 0 aromatic heterocycles.